The van der Waals surface area contributed by atoms with Crippen LogP contribution in [0.3, 0.4) is 0 Å². The molecule has 20 heteroatoms. The first-order valence-electron chi connectivity index (χ1n) is 27.1. The van der Waals surface area contributed by atoms with E-state index in [-0.39, 0.29) is 24.7 Å². The molecule has 0 amide bonds. The number of nitrogens with two attached hydrogens (primary N) is 1. The summed E-state index contributed by atoms with van der Waals surface area (Å²) in [5.41, 5.74) is 15.2. The number of carboxylic acids is 1. The number of carbonyl (C=O) groups excluding carboxylic acids is 1. The van der Waals surface area contributed by atoms with Gasteiger partial charge in [0.25, 0.3) is 0 Å². The molecule has 2 aliphatic rings. The number of aliphatic hydroxyl groups is 1. The second kappa shape index (κ2) is 24.8. The zero-order valence-corrected chi connectivity index (χ0v) is 51.0. The summed E-state index contributed by atoms with van der Waals surface area (Å²) in [5, 5.41) is 28.9. The lowest BCUT2D eigenvalue weighted by molar-refractivity contribution is -0.162. The first-order chi connectivity index (χ1) is 37.8. The van der Waals surface area contributed by atoms with Gasteiger partial charge in [0.05, 0.1) is 44.1 Å². The number of rotatable bonds is 18. The van der Waals surface area contributed by atoms with E-state index in [0.29, 0.717) is 74.1 Å². The molecule has 0 aliphatic heterocycles. The third-order valence-corrected chi connectivity index (χ3v) is 19.8. The number of nitrogens with zero attached hydrogens (tertiary/aromatic N) is 9. The molecule has 10 rings (SSSR count). The van der Waals surface area contributed by atoms with Crippen LogP contribution in [0, 0.1) is 0 Å². The SMILES string of the molecule is C[Si](C)(C)CCOCN(COCC[Si](C)(C)C)c1c(Br)c(C2CCC(=O)CC2)nc2c(-c3ccc(-c4ccccc4)nc3)cnn12.Nc1c(Br)c(C2CCC(O)(C(=O)O)CC2)nc2c(-c3ccc(-c4ccccc4)nc3)cnn12. The molecule has 2 aromatic carbocycles. The highest BCUT2D eigenvalue weighted by Crippen LogP contribution is 2.43. The van der Waals surface area contributed by atoms with Gasteiger partial charge in [0.2, 0.25) is 0 Å². The van der Waals surface area contributed by atoms with Crippen LogP contribution in [0.4, 0.5) is 11.6 Å². The smallest absolute Gasteiger partial charge is 0.335 e. The van der Waals surface area contributed by atoms with Crippen LogP contribution >= 0.6 is 31.9 Å². The number of hydrogen-bond acceptors (Lipinski definition) is 13. The number of fused-ring (bicyclic) bond motifs is 2. The number of halogens is 2. The van der Waals surface area contributed by atoms with Crippen molar-refractivity contribution in [2.45, 2.75) is 120 Å². The van der Waals surface area contributed by atoms with Crippen LogP contribution in [-0.2, 0) is 19.1 Å². The largest absolute Gasteiger partial charge is 0.479 e. The second-order valence-corrected chi connectivity index (χ2v) is 36.0. The molecule has 414 valence electrons. The first kappa shape index (κ1) is 57.7. The number of carboxylic acid groups (broad SMARTS) is 1. The van der Waals surface area contributed by atoms with Crippen LogP contribution in [0.5, 0.6) is 0 Å². The summed E-state index contributed by atoms with van der Waals surface area (Å²) in [6.07, 6.45) is 11.4. The minimum atomic E-state index is -1.67. The summed E-state index contributed by atoms with van der Waals surface area (Å²) >= 11 is 7.53. The van der Waals surface area contributed by atoms with Crippen LogP contribution in [-0.4, -0.2) is 110 Å². The van der Waals surface area contributed by atoms with Crippen molar-refractivity contribution < 1.29 is 29.3 Å². The lowest BCUT2D eigenvalue weighted by Gasteiger charge is -2.32. The molecule has 6 aromatic heterocycles. The van der Waals surface area contributed by atoms with Crippen molar-refractivity contribution in [3.8, 4) is 44.8 Å². The number of carbonyl (C=O) groups is 2. The Morgan fingerprint density at radius 3 is 1.57 bits per heavy atom. The van der Waals surface area contributed by atoms with E-state index in [1.165, 1.54) is 0 Å². The van der Waals surface area contributed by atoms with Crippen LogP contribution in [0.15, 0.2) is 119 Å². The van der Waals surface area contributed by atoms with E-state index in [1.54, 1.807) is 16.9 Å². The highest BCUT2D eigenvalue weighted by molar-refractivity contribution is 9.11. The van der Waals surface area contributed by atoms with Crippen LogP contribution < -0.4 is 10.6 Å². The van der Waals surface area contributed by atoms with Crippen molar-refractivity contribution in [3.05, 3.63) is 130 Å². The van der Waals surface area contributed by atoms with Crippen LogP contribution in [0.25, 0.3) is 56.1 Å². The topological polar surface area (TPSA) is 208 Å². The fourth-order valence-corrected chi connectivity index (χ4v) is 12.9. The molecule has 0 spiro atoms. The summed E-state index contributed by atoms with van der Waals surface area (Å²) in [5.74, 6) is 0.587. The summed E-state index contributed by atoms with van der Waals surface area (Å²) in [6, 6.07) is 30.4. The van der Waals surface area contributed by atoms with Crippen molar-refractivity contribution >= 4 is 82.7 Å². The number of benzene rings is 2. The van der Waals surface area contributed by atoms with E-state index in [0.717, 1.165) is 97.0 Å². The molecule has 0 bridgehead atoms. The Hall–Kier alpha value is -6.01. The molecule has 0 saturated heterocycles. The van der Waals surface area contributed by atoms with Gasteiger partial charge in [-0.15, -0.1) is 0 Å². The average molecular weight is 1230 g/mol. The molecule has 16 nitrogen and oxygen atoms in total. The maximum atomic E-state index is 12.2. The summed E-state index contributed by atoms with van der Waals surface area (Å²) in [6.45, 7) is 16.3. The molecular formula is C59H70Br2N10O6Si2. The molecule has 4 N–H and O–H groups in total. The second-order valence-electron chi connectivity index (χ2n) is 23.2. The molecule has 79 heavy (non-hydrogen) atoms. The molecule has 0 radical (unpaired) electrons. The predicted octanol–water partition coefficient (Wildman–Crippen LogP) is 13.2. The zero-order chi connectivity index (χ0) is 56.1. The van der Waals surface area contributed by atoms with Gasteiger partial charge in [-0.2, -0.15) is 19.2 Å². The van der Waals surface area contributed by atoms with Crippen molar-refractivity contribution in [2.24, 2.45) is 0 Å². The minimum Gasteiger partial charge on any atom is -0.479 e. The molecule has 6 heterocycles. The van der Waals surface area contributed by atoms with Crippen molar-refractivity contribution in [1.82, 2.24) is 39.2 Å². The number of ether oxygens (including phenoxy) is 2. The number of aliphatic carboxylic acids is 1. The van der Waals surface area contributed by atoms with Gasteiger partial charge in [-0.1, -0.05) is 112 Å². The van der Waals surface area contributed by atoms with Gasteiger partial charge in [0.1, 0.15) is 25.1 Å². The molecule has 0 atom stereocenters. The number of aromatic nitrogens is 8. The monoisotopic (exact) mass is 1230 g/mol. The van der Waals surface area contributed by atoms with Crippen molar-refractivity contribution in [2.75, 3.05) is 37.3 Å². The number of hydrogen-bond donors (Lipinski definition) is 3. The highest BCUT2D eigenvalue weighted by atomic mass is 79.9. The maximum absolute atomic E-state index is 12.2. The summed E-state index contributed by atoms with van der Waals surface area (Å²) < 4.78 is 17.7. The number of ketones is 1. The lowest BCUT2D eigenvalue weighted by Crippen LogP contribution is -2.41. The Bertz CT molecular complexity index is 3370. The number of anilines is 2. The van der Waals surface area contributed by atoms with Gasteiger partial charge in [-0.3, -0.25) is 14.8 Å². The third-order valence-electron chi connectivity index (χ3n) is 14.8. The van der Waals surface area contributed by atoms with E-state index in [4.69, 9.17) is 35.3 Å². The van der Waals surface area contributed by atoms with Gasteiger partial charge in [-0.05, 0) is 94.6 Å². The van der Waals surface area contributed by atoms with Gasteiger partial charge in [-0.25, -0.2) is 14.8 Å². The van der Waals surface area contributed by atoms with Crippen molar-refractivity contribution in [3.63, 3.8) is 0 Å². The van der Waals surface area contributed by atoms with Crippen molar-refractivity contribution in [1.29, 1.82) is 0 Å². The normalized spacial score (nSPS) is 17.2. The quantitative estimate of drug-likeness (QED) is 0.0415. The Balaban J connectivity index is 0.000000202. The summed E-state index contributed by atoms with van der Waals surface area (Å²) in [7, 11) is -2.51. The van der Waals surface area contributed by atoms with Gasteiger partial charge in [0, 0.05) is 99.8 Å². The fourth-order valence-electron chi connectivity index (χ4n) is 9.94. The Labute approximate surface area is 480 Å². The molecule has 2 aliphatic carbocycles. The Morgan fingerprint density at radius 2 is 1.11 bits per heavy atom. The highest BCUT2D eigenvalue weighted by Gasteiger charge is 2.41. The zero-order valence-electron chi connectivity index (χ0n) is 45.8. The molecule has 2 saturated carbocycles. The maximum Gasteiger partial charge on any atom is 0.335 e. The fraction of sp³-hybridized carbons (Fsp3) is 0.390. The summed E-state index contributed by atoms with van der Waals surface area (Å²) in [4.78, 5) is 45.2. The van der Waals surface area contributed by atoms with E-state index in [1.807, 2.05) is 83.6 Å². The standard InChI is InChI=1S/C35H48BrN5O3Si2.C24H22BrN5O3/c1-45(2,3)20-18-43-24-40(25-44-19-21-46(4,5)6)35-32(36)33(27-12-15-29(42)16-13-27)39-34-30(23-38-41(34)35)28-14-17-31(37-22-28)26-10-8-7-9-11-26;25-19-20(15-8-10-24(33,11-9-15)23(31)32)29-22-17(13-28-30(22)21(19)26)16-6-7-18(27-12-16)14-4-2-1-3-5-14/h7-11,14,17,22-23,27H,12-13,15-16,18-21,24-25H2,1-6H3;1-7,12-13,15,33H,8-11,26H2,(H,31,32). The number of pyridine rings is 2. The van der Waals surface area contributed by atoms with Crippen LogP contribution in [0.2, 0.25) is 51.4 Å². The molecular weight excluding hydrogens is 1160 g/mol. The van der Waals surface area contributed by atoms with E-state index in [9.17, 15) is 19.8 Å². The van der Waals surface area contributed by atoms with E-state index < -0.39 is 27.7 Å². The first-order valence-corrected chi connectivity index (χ1v) is 36.1. The Morgan fingerprint density at radius 1 is 0.658 bits per heavy atom. The average Bonchev–Trinajstić information content (AvgIpc) is 4.33. The third kappa shape index (κ3) is 13.8. The number of Topliss-reactive ketones (excluding diaryl/α,β-unsaturated/α-hetero) is 1. The Kier molecular flexibility index (Phi) is 18.1. The van der Waals surface area contributed by atoms with E-state index in [2.05, 4.69) is 104 Å². The molecule has 2 fully saturated rings. The van der Waals surface area contributed by atoms with Crippen LogP contribution in [0.1, 0.15) is 74.6 Å². The van der Waals surface area contributed by atoms with Gasteiger partial charge < -0.3 is 30.3 Å². The molecule has 0 unspecified atom stereocenters. The minimum absolute atomic E-state index is 0.0207. The van der Waals surface area contributed by atoms with Gasteiger partial charge in [0.15, 0.2) is 22.7 Å². The number of nitrogen functional groups attached to an aromatic ring is 1. The van der Waals surface area contributed by atoms with Gasteiger partial charge >= 0.3 is 5.97 Å². The lowest BCUT2D eigenvalue weighted by atomic mass is 9.77. The van der Waals surface area contributed by atoms with E-state index >= 15 is 0 Å². The predicted molar refractivity (Wildman–Crippen MR) is 324 cm³/mol. The molecule has 8 aromatic rings.